The van der Waals surface area contributed by atoms with Crippen molar-refractivity contribution < 1.29 is 4.74 Å². The van der Waals surface area contributed by atoms with Crippen molar-refractivity contribution in [2.75, 3.05) is 26.8 Å². The van der Waals surface area contributed by atoms with Gasteiger partial charge in [-0.25, -0.2) is 0 Å². The third-order valence-corrected chi connectivity index (χ3v) is 2.57. The summed E-state index contributed by atoms with van der Waals surface area (Å²) in [6, 6.07) is 0.237. The van der Waals surface area contributed by atoms with Crippen LogP contribution in [0.15, 0.2) is 17.4 Å². The maximum Gasteiger partial charge on any atom is 0.191 e. The molecule has 1 aromatic rings. The Balaban J connectivity index is 2.43. The zero-order valence-corrected chi connectivity index (χ0v) is 12.3. The predicted octanol–water partition coefficient (Wildman–Crippen LogP) is 0.553. The lowest BCUT2D eigenvalue weighted by Crippen LogP contribution is -2.44. The van der Waals surface area contributed by atoms with Crippen LogP contribution in [0.4, 0.5) is 0 Å². The fourth-order valence-electron chi connectivity index (χ4n) is 1.74. The minimum absolute atomic E-state index is 0.237. The standard InChI is InChI=1S/C13H25N5O/c1-5-14-13(17-11(2)10-19-4)15-7-6-12-8-16-18(3)9-12/h8-9,11H,5-7,10H2,1-4H3,(H2,14,15,17). The number of aryl methyl sites for hydroxylation is 1. The molecular weight excluding hydrogens is 242 g/mol. The average Bonchev–Trinajstić information content (AvgIpc) is 2.75. The van der Waals surface area contributed by atoms with Crippen LogP contribution in [-0.4, -0.2) is 48.6 Å². The summed E-state index contributed by atoms with van der Waals surface area (Å²) in [5.41, 5.74) is 1.20. The Kier molecular flexibility index (Phi) is 6.95. The number of methoxy groups -OCH3 is 1. The summed E-state index contributed by atoms with van der Waals surface area (Å²) in [6.45, 7) is 6.36. The van der Waals surface area contributed by atoms with E-state index in [0.29, 0.717) is 6.61 Å². The first kappa shape index (κ1) is 15.5. The molecule has 1 rings (SSSR count). The molecule has 6 nitrogen and oxygen atoms in total. The topological polar surface area (TPSA) is 63.5 Å². The minimum Gasteiger partial charge on any atom is -0.383 e. The van der Waals surface area contributed by atoms with Gasteiger partial charge < -0.3 is 15.4 Å². The number of guanidine groups is 1. The first-order chi connectivity index (χ1) is 9.15. The summed E-state index contributed by atoms with van der Waals surface area (Å²) < 4.78 is 6.91. The Morgan fingerprint density at radius 2 is 2.37 bits per heavy atom. The van der Waals surface area contributed by atoms with Crippen molar-refractivity contribution >= 4 is 5.96 Å². The van der Waals surface area contributed by atoms with E-state index < -0.39 is 0 Å². The number of aliphatic imine (C=N–C) groups is 1. The largest absolute Gasteiger partial charge is 0.383 e. The lowest BCUT2D eigenvalue weighted by molar-refractivity contribution is 0.179. The molecule has 0 bridgehead atoms. The minimum atomic E-state index is 0.237. The molecule has 0 saturated heterocycles. The van der Waals surface area contributed by atoms with Gasteiger partial charge in [0, 0.05) is 39.5 Å². The van der Waals surface area contributed by atoms with Crippen LogP contribution in [0, 0.1) is 0 Å². The van der Waals surface area contributed by atoms with E-state index in [4.69, 9.17) is 4.74 Å². The number of rotatable bonds is 7. The summed E-state index contributed by atoms with van der Waals surface area (Å²) in [5, 5.41) is 10.7. The molecule has 1 aromatic heterocycles. The summed E-state index contributed by atoms with van der Waals surface area (Å²) in [4.78, 5) is 4.54. The quantitative estimate of drug-likeness (QED) is 0.559. The predicted molar refractivity (Wildman–Crippen MR) is 77.4 cm³/mol. The van der Waals surface area contributed by atoms with Crippen molar-refractivity contribution in [3.8, 4) is 0 Å². The Morgan fingerprint density at radius 1 is 1.58 bits per heavy atom. The molecule has 1 heterocycles. The van der Waals surface area contributed by atoms with E-state index in [1.165, 1.54) is 5.56 Å². The Hall–Kier alpha value is -1.56. The highest BCUT2D eigenvalue weighted by Gasteiger charge is 2.04. The van der Waals surface area contributed by atoms with E-state index >= 15 is 0 Å². The highest BCUT2D eigenvalue weighted by atomic mass is 16.5. The van der Waals surface area contributed by atoms with Gasteiger partial charge in [0.2, 0.25) is 0 Å². The molecule has 0 aliphatic heterocycles. The maximum atomic E-state index is 5.10. The van der Waals surface area contributed by atoms with E-state index in [9.17, 15) is 0 Å². The van der Waals surface area contributed by atoms with Gasteiger partial charge in [0.05, 0.1) is 12.8 Å². The van der Waals surface area contributed by atoms with Gasteiger partial charge in [0.1, 0.15) is 0 Å². The fourth-order valence-corrected chi connectivity index (χ4v) is 1.74. The number of ether oxygens (including phenoxy) is 1. The number of aromatic nitrogens is 2. The SMILES string of the molecule is CCNC(=NCCc1cnn(C)c1)NC(C)COC. The van der Waals surface area contributed by atoms with Gasteiger partial charge in [-0.1, -0.05) is 0 Å². The molecule has 0 fully saturated rings. The zero-order valence-electron chi connectivity index (χ0n) is 12.3. The Bertz CT molecular complexity index is 388. The molecule has 1 unspecified atom stereocenters. The van der Waals surface area contributed by atoms with Crippen molar-refractivity contribution in [1.29, 1.82) is 0 Å². The first-order valence-corrected chi connectivity index (χ1v) is 6.67. The number of hydrogen-bond donors (Lipinski definition) is 2. The summed E-state index contributed by atoms with van der Waals surface area (Å²) in [6.07, 6.45) is 4.79. The van der Waals surface area contributed by atoms with E-state index in [1.807, 2.05) is 24.1 Å². The van der Waals surface area contributed by atoms with E-state index in [-0.39, 0.29) is 6.04 Å². The highest BCUT2D eigenvalue weighted by Crippen LogP contribution is 1.97. The lowest BCUT2D eigenvalue weighted by atomic mass is 10.2. The van der Waals surface area contributed by atoms with Gasteiger partial charge in [-0.05, 0) is 25.8 Å². The van der Waals surface area contributed by atoms with Crippen LogP contribution in [0.3, 0.4) is 0 Å². The van der Waals surface area contributed by atoms with Crippen LogP contribution in [-0.2, 0) is 18.2 Å². The lowest BCUT2D eigenvalue weighted by Gasteiger charge is -2.16. The van der Waals surface area contributed by atoms with Gasteiger partial charge >= 0.3 is 0 Å². The van der Waals surface area contributed by atoms with Crippen molar-refractivity contribution in [3.05, 3.63) is 18.0 Å². The van der Waals surface area contributed by atoms with Crippen LogP contribution in [0.1, 0.15) is 19.4 Å². The van der Waals surface area contributed by atoms with Gasteiger partial charge in [-0.3, -0.25) is 9.67 Å². The molecule has 6 heteroatoms. The Labute approximate surface area is 115 Å². The second-order valence-electron chi connectivity index (χ2n) is 4.53. The maximum absolute atomic E-state index is 5.10. The van der Waals surface area contributed by atoms with Gasteiger partial charge in [0.15, 0.2) is 5.96 Å². The normalized spacial score (nSPS) is 13.4. The number of nitrogens with zero attached hydrogens (tertiary/aromatic N) is 3. The van der Waals surface area contributed by atoms with Crippen molar-refractivity contribution in [1.82, 2.24) is 20.4 Å². The number of hydrogen-bond acceptors (Lipinski definition) is 3. The summed E-state index contributed by atoms with van der Waals surface area (Å²) in [7, 11) is 3.62. The van der Waals surface area contributed by atoms with Crippen molar-refractivity contribution in [3.63, 3.8) is 0 Å². The van der Waals surface area contributed by atoms with Crippen molar-refractivity contribution in [2.24, 2.45) is 12.0 Å². The van der Waals surface area contributed by atoms with Crippen LogP contribution >= 0.6 is 0 Å². The second kappa shape index (κ2) is 8.53. The second-order valence-corrected chi connectivity index (χ2v) is 4.53. The molecule has 0 saturated carbocycles. The van der Waals surface area contributed by atoms with Gasteiger partial charge in [-0.2, -0.15) is 5.10 Å². The highest BCUT2D eigenvalue weighted by molar-refractivity contribution is 5.80. The molecular formula is C13H25N5O. The molecule has 0 spiro atoms. The summed E-state index contributed by atoms with van der Waals surface area (Å²) in [5.74, 6) is 0.830. The monoisotopic (exact) mass is 267 g/mol. The van der Waals surface area contributed by atoms with Crippen LogP contribution in [0.5, 0.6) is 0 Å². The Morgan fingerprint density at radius 3 is 2.95 bits per heavy atom. The third-order valence-electron chi connectivity index (χ3n) is 2.57. The van der Waals surface area contributed by atoms with E-state index in [2.05, 4.69) is 34.6 Å². The first-order valence-electron chi connectivity index (χ1n) is 6.67. The molecule has 0 aliphatic carbocycles. The smallest absolute Gasteiger partial charge is 0.191 e. The van der Waals surface area contributed by atoms with Crippen LogP contribution in [0.2, 0.25) is 0 Å². The van der Waals surface area contributed by atoms with Crippen LogP contribution < -0.4 is 10.6 Å². The number of nitrogens with one attached hydrogen (secondary N) is 2. The van der Waals surface area contributed by atoms with Crippen LogP contribution in [0.25, 0.3) is 0 Å². The molecule has 108 valence electrons. The van der Waals surface area contributed by atoms with Gasteiger partial charge in [0.25, 0.3) is 0 Å². The molecule has 0 amide bonds. The van der Waals surface area contributed by atoms with Gasteiger partial charge in [-0.15, -0.1) is 0 Å². The molecule has 0 aromatic carbocycles. The molecule has 1 atom stereocenters. The van der Waals surface area contributed by atoms with Crippen molar-refractivity contribution in [2.45, 2.75) is 26.3 Å². The molecule has 19 heavy (non-hydrogen) atoms. The zero-order chi connectivity index (χ0) is 14.1. The molecule has 0 aliphatic rings. The molecule has 2 N–H and O–H groups in total. The third kappa shape index (κ3) is 6.24. The molecule has 0 radical (unpaired) electrons. The van der Waals surface area contributed by atoms with E-state index in [1.54, 1.807) is 7.11 Å². The average molecular weight is 267 g/mol. The summed E-state index contributed by atoms with van der Waals surface area (Å²) >= 11 is 0. The van der Waals surface area contributed by atoms with E-state index in [0.717, 1.165) is 25.5 Å². The fraction of sp³-hybridized carbons (Fsp3) is 0.692.